The van der Waals surface area contributed by atoms with Gasteiger partial charge in [0.15, 0.2) is 0 Å². The molecule has 0 N–H and O–H groups in total. The van der Waals surface area contributed by atoms with Crippen LogP contribution < -0.4 is 4.74 Å². The predicted octanol–water partition coefficient (Wildman–Crippen LogP) is 6.20. The fraction of sp³-hybridized carbons (Fsp3) is 0.333. The first-order valence-electron chi connectivity index (χ1n) is 6.91. The van der Waals surface area contributed by atoms with Gasteiger partial charge in [-0.1, -0.05) is 51.1 Å². The molecule has 0 spiro atoms. The highest BCUT2D eigenvalue weighted by atomic mass is 35.5. The summed E-state index contributed by atoms with van der Waals surface area (Å²) in [6, 6.07) is 17.8. The molecule has 0 fully saturated rings. The summed E-state index contributed by atoms with van der Waals surface area (Å²) in [7, 11) is 0. The molecule has 2 rings (SSSR count). The summed E-state index contributed by atoms with van der Waals surface area (Å²) in [5.41, 5.74) is 1.37. The maximum absolute atomic E-state index is 6.46. The Labute approximate surface area is 126 Å². The number of halogens is 1. The highest BCUT2D eigenvalue weighted by Gasteiger charge is 2.18. The number of alkyl halides is 1. The summed E-state index contributed by atoms with van der Waals surface area (Å²) in [5, 5.41) is 0.0424. The second-order valence-electron chi connectivity index (χ2n) is 6.22. The van der Waals surface area contributed by atoms with Gasteiger partial charge in [0, 0.05) is 0 Å². The molecule has 2 aromatic carbocycles. The van der Waals surface area contributed by atoms with E-state index in [0.717, 1.165) is 23.5 Å². The number of para-hydroxylation sites is 1. The Morgan fingerprint density at radius 2 is 1.45 bits per heavy atom. The largest absolute Gasteiger partial charge is 0.457 e. The van der Waals surface area contributed by atoms with Crippen molar-refractivity contribution in [3.05, 3.63) is 60.2 Å². The van der Waals surface area contributed by atoms with E-state index < -0.39 is 0 Å². The molecule has 0 aliphatic carbocycles. The lowest BCUT2D eigenvalue weighted by Crippen LogP contribution is -2.08. The minimum absolute atomic E-state index is 0.0424. The van der Waals surface area contributed by atoms with Gasteiger partial charge >= 0.3 is 0 Å². The Morgan fingerprint density at radius 3 is 2.00 bits per heavy atom. The van der Waals surface area contributed by atoms with Crippen molar-refractivity contribution in [2.75, 3.05) is 0 Å². The maximum atomic E-state index is 6.46. The molecule has 1 unspecified atom stereocenters. The number of hydrogen-bond donors (Lipinski definition) is 0. The van der Waals surface area contributed by atoms with E-state index in [1.54, 1.807) is 0 Å². The highest BCUT2D eigenvalue weighted by molar-refractivity contribution is 6.20. The fourth-order valence-electron chi connectivity index (χ4n) is 2.02. The molecule has 0 aromatic heterocycles. The molecule has 1 atom stereocenters. The molecule has 106 valence electrons. The number of rotatable bonds is 4. The summed E-state index contributed by atoms with van der Waals surface area (Å²) in [5.74, 6) is 1.68. The quantitative estimate of drug-likeness (QED) is 0.609. The van der Waals surface area contributed by atoms with Crippen molar-refractivity contribution in [2.24, 2.45) is 5.41 Å². The van der Waals surface area contributed by atoms with Crippen LogP contribution in [0.4, 0.5) is 0 Å². The van der Waals surface area contributed by atoms with Crippen LogP contribution in [0.5, 0.6) is 11.5 Å². The highest BCUT2D eigenvalue weighted by Crippen LogP contribution is 2.34. The predicted molar refractivity (Wildman–Crippen MR) is 85.6 cm³/mol. The van der Waals surface area contributed by atoms with E-state index in [9.17, 15) is 0 Å². The molecule has 0 saturated carbocycles. The monoisotopic (exact) mass is 288 g/mol. The molecule has 0 amide bonds. The first kappa shape index (κ1) is 14.9. The van der Waals surface area contributed by atoms with E-state index in [1.165, 1.54) is 0 Å². The topological polar surface area (TPSA) is 9.23 Å². The molecule has 1 nitrogen and oxygen atoms in total. The van der Waals surface area contributed by atoms with Crippen LogP contribution in [0.15, 0.2) is 54.6 Å². The molecular formula is C18H21ClO. The Hall–Kier alpha value is -1.47. The van der Waals surface area contributed by atoms with E-state index in [2.05, 4.69) is 20.8 Å². The Balaban J connectivity index is 2.03. The van der Waals surface area contributed by atoms with Gasteiger partial charge < -0.3 is 4.74 Å². The van der Waals surface area contributed by atoms with Gasteiger partial charge in [0.25, 0.3) is 0 Å². The van der Waals surface area contributed by atoms with Gasteiger partial charge in [-0.05, 0) is 41.7 Å². The van der Waals surface area contributed by atoms with Crippen LogP contribution in [-0.4, -0.2) is 0 Å². The van der Waals surface area contributed by atoms with Crippen LogP contribution in [0.1, 0.15) is 38.1 Å². The van der Waals surface area contributed by atoms with Crippen molar-refractivity contribution in [3.8, 4) is 11.5 Å². The van der Waals surface area contributed by atoms with Gasteiger partial charge in [-0.3, -0.25) is 0 Å². The van der Waals surface area contributed by atoms with Crippen molar-refractivity contribution in [3.63, 3.8) is 0 Å². The van der Waals surface area contributed by atoms with Crippen molar-refractivity contribution in [2.45, 2.75) is 32.6 Å². The average Bonchev–Trinajstić information content (AvgIpc) is 2.39. The first-order chi connectivity index (χ1) is 9.44. The van der Waals surface area contributed by atoms with E-state index in [4.69, 9.17) is 16.3 Å². The Kier molecular flexibility index (Phi) is 4.72. The summed E-state index contributed by atoms with van der Waals surface area (Å²) in [6.07, 6.45) is 0.952. The van der Waals surface area contributed by atoms with Crippen LogP contribution in [0, 0.1) is 5.41 Å². The summed E-state index contributed by atoms with van der Waals surface area (Å²) < 4.78 is 5.77. The lowest BCUT2D eigenvalue weighted by molar-refractivity contribution is 0.372. The second kappa shape index (κ2) is 6.32. The molecule has 0 aliphatic rings. The number of benzene rings is 2. The van der Waals surface area contributed by atoms with Gasteiger partial charge in [0.05, 0.1) is 5.38 Å². The van der Waals surface area contributed by atoms with Gasteiger partial charge in [-0.2, -0.15) is 0 Å². The normalized spacial score (nSPS) is 13.0. The molecule has 0 aliphatic heterocycles. The third kappa shape index (κ3) is 4.57. The smallest absolute Gasteiger partial charge is 0.127 e. The number of ether oxygens (including phenoxy) is 1. The van der Waals surface area contributed by atoms with Crippen LogP contribution in [0.2, 0.25) is 0 Å². The zero-order valence-corrected chi connectivity index (χ0v) is 13.0. The molecule has 20 heavy (non-hydrogen) atoms. The maximum Gasteiger partial charge on any atom is 0.127 e. The molecule has 0 heterocycles. The third-order valence-corrected chi connectivity index (χ3v) is 3.42. The SMILES string of the molecule is CC(C)(C)CC(Cl)c1ccc(Oc2ccccc2)cc1. The molecule has 2 aromatic rings. The summed E-state index contributed by atoms with van der Waals surface area (Å²) >= 11 is 6.46. The number of hydrogen-bond acceptors (Lipinski definition) is 1. The van der Waals surface area contributed by atoms with Crippen LogP contribution in [0.25, 0.3) is 0 Å². The van der Waals surface area contributed by atoms with E-state index in [0.29, 0.717) is 0 Å². The van der Waals surface area contributed by atoms with Gasteiger partial charge in [-0.15, -0.1) is 11.6 Å². The van der Waals surface area contributed by atoms with Gasteiger partial charge in [0.1, 0.15) is 11.5 Å². The standard InChI is InChI=1S/C18H21ClO/c1-18(2,3)13-17(19)14-9-11-16(12-10-14)20-15-7-5-4-6-8-15/h4-12,17H,13H2,1-3H3. The minimum atomic E-state index is 0.0424. The lowest BCUT2D eigenvalue weighted by atomic mass is 9.88. The zero-order chi connectivity index (χ0) is 14.6. The fourth-order valence-corrected chi connectivity index (χ4v) is 2.63. The van der Waals surface area contributed by atoms with Crippen LogP contribution in [0.3, 0.4) is 0 Å². The zero-order valence-electron chi connectivity index (χ0n) is 12.3. The lowest BCUT2D eigenvalue weighted by Gasteiger charge is -2.22. The average molecular weight is 289 g/mol. The van der Waals surface area contributed by atoms with E-state index in [-0.39, 0.29) is 10.8 Å². The molecule has 2 heteroatoms. The van der Waals surface area contributed by atoms with Crippen molar-refractivity contribution in [1.29, 1.82) is 0 Å². The Morgan fingerprint density at radius 1 is 0.900 bits per heavy atom. The molecule has 0 radical (unpaired) electrons. The molecule has 0 bridgehead atoms. The second-order valence-corrected chi connectivity index (χ2v) is 6.74. The first-order valence-corrected chi connectivity index (χ1v) is 7.35. The van der Waals surface area contributed by atoms with Gasteiger partial charge in [0.2, 0.25) is 0 Å². The van der Waals surface area contributed by atoms with E-state index in [1.807, 2.05) is 54.6 Å². The summed E-state index contributed by atoms with van der Waals surface area (Å²) in [6.45, 7) is 6.61. The van der Waals surface area contributed by atoms with Crippen molar-refractivity contribution in [1.82, 2.24) is 0 Å². The molecular weight excluding hydrogens is 268 g/mol. The molecule has 0 saturated heterocycles. The van der Waals surface area contributed by atoms with Crippen LogP contribution >= 0.6 is 11.6 Å². The van der Waals surface area contributed by atoms with Crippen molar-refractivity contribution < 1.29 is 4.74 Å². The minimum Gasteiger partial charge on any atom is -0.457 e. The third-order valence-electron chi connectivity index (χ3n) is 3.01. The summed E-state index contributed by atoms with van der Waals surface area (Å²) in [4.78, 5) is 0. The van der Waals surface area contributed by atoms with Gasteiger partial charge in [-0.25, -0.2) is 0 Å². The van der Waals surface area contributed by atoms with Crippen LogP contribution in [-0.2, 0) is 0 Å². The Bertz CT molecular complexity index is 526. The van der Waals surface area contributed by atoms with E-state index >= 15 is 0 Å². The van der Waals surface area contributed by atoms with Crippen molar-refractivity contribution >= 4 is 11.6 Å².